The Balaban J connectivity index is 4.30. The van der Waals surface area contributed by atoms with E-state index in [0.29, 0.717) is 19.5 Å². The Bertz CT molecular complexity index is 254. The summed E-state index contributed by atoms with van der Waals surface area (Å²) in [6.45, 7) is 9.00. The van der Waals surface area contributed by atoms with Crippen LogP contribution in [0.1, 0.15) is 40.5 Å². The van der Waals surface area contributed by atoms with Crippen molar-refractivity contribution in [3.63, 3.8) is 0 Å². The van der Waals surface area contributed by atoms with Gasteiger partial charge < -0.3 is 10.4 Å². The molecule has 17 heavy (non-hydrogen) atoms. The first kappa shape index (κ1) is 15.9. The van der Waals surface area contributed by atoms with Crippen molar-refractivity contribution >= 4 is 11.9 Å². The van der Waals surface area contributed by atoms with Gasteiger partial charge in [-0.3, -0.25) is 14.5 Å². The number of rotatable bonds is 8. The van der Waals surface area contributed by atoms with Crippen molar-refractivity contribution in [2.75, 3.05) is 13.1 Å². The third kappa shape index (κ3) is 6.26. The maximum absolute atomic E-state index is 11.7. The lowest BCUT2D eigenvalue weighted by atomic mass is 10.1. The fraction of sp³-hybridized carbons (Fsp3) is 0.833. The molecule has 1 amide bonds. The second-order valence-corrected chi connectivity index (χ2v) is 4.40. The minimum atomic E-state index is -0.792. The van der Waals surface area contributed by atoms with Gasteiger partial charge in [0.15, 0.2) is 0 Å². The molecule has 0 rings (SSSR count). The maximum atomic E-state index is 11.7. The summed E-state index contributed by atoms with van der Waals surface area (Å²) in [7, 11) is 0. The fourth-order valence-electron chi connectivity index (χ4n) is 1.78. The Morgan fingerprint density at radius 1 is 1.29 bits per heavy atom. The molecule has 1 unspecified atom stereocenters. The Labute approximate surface area is 103 Å². The largest absolute Gasteiger partial charge is 0.481 e. The van der Waals surface area contributed by atoms with Crippen molar-refractivity contribution in [3.8, 4) is 0 Å². The lowest BCUT2D eigenvalue weighted by Gasteiger charge is -2.31. The van der Waals surface area contributed by atoms with E-state index in [1.165, 1.54) is 0 Å². The van der Waals surface area contributed by atoms with Gasteiger partial charge in [-0.1, -0.05) is 0 Å². The molecule has 0 saturated heterocycles. The van der Waals surface area contributed by atoms with E-state index in [-0.39, 0.29) is 24.4 Å². The Kier molecular flexibility index (Phi) is 7.54. The number of amides is 1. The first-order valence-electron chi connectivity index (χ1n) is 6.15. The van der Waals surface area contributed by atoms with E-state index in [9.17, 15) is 9.59 Å². The number of hydrogen-bond donors (Lipinski definition) is 2. The smallest absolute Gasteiger partial charge is 0.303 e. The monoisotopic (exact) mass is 244 g/mol. The van der Waals surface area contributed by atoms with Crippen LogP contribution in [0.4, 0.5) is 0 Å². The molecule has 0 fully saturated rings. The van der Waals surface area contributed by atoms with Gasteiger partial charge in [0.1, 0.15) is 0 Å². The molecule has 0 saturated carbocycles. The highest BCUT2D eigenvalue weighted by atomic mass is 16.4. The lowest BCUT2D eigenvalue weighted by molar-refractivity contribution is -0.137. The second-order valence-electron chi connectivity index (χ2n) is 4.40. The maximum Gasteiger partial charge on any atom is 0.303 e. The van der Waals surface area contributed by atoms with Crippen LogP contribution in [-0.2, 0) is 9.59 Å². The summed E-state index contributed by atoms with van der Waals surface area (Å²) in [5, 5.41) is 11.4. The van der Waals surface area contributed by atoms with Crippen LogP contribution >= 0.6 is 0 Å². The summed E-state index contributed by atoms with van der Waals surface area (Å²) >= 11 is 0. The second kappa shape index (κ2) is 8.06. The molecule has 0 radical (unpaired) electrons. The van der Waals surface area contributed by atoms with Crippen LogP contribution in [0, 0.1) is 0 Å². The van der Waals surface area contributed by atoms with Crippen LogP contribution in [0.3, 0.4) is 0 Å². The lowest BCUT2D eigenvalue weighted by Crippen LogP contribution is -2.48. The molecular weight excluding hydrogens is 220 g/mol. The molecular formula is C12H24N2O3. The van der Waals surface area contributed by atoms with Crippen LogP contribution in [0.5, 0.6) is 0 Å². The molecule has 5 nitrogen and oxygen atoms in total. The normalized spacial score (nSPS) is 12.8. The zero-order chi connectivity index (χ0) is 13.4. The Morgan fingerprint density at radius 2 is 1.88 bits per heavy atom. The number of carbonyl (C=O) groups is 2. The van der Waals surface area contributed by atoms with E-state index in [1.54, 1.807) is 0 Å². The number of aliphatic carboxylic acids is 1. The zero-order valence-corrected chi connectivity index (χ0v) is 11.2. The van der Waals surface area contributed by atoms with E-state index >= 15 is 0 Å². The van der Waals surface area contributed by atoms with E-state index in [0.717, 1.165) is 0 Å². The van der Waals surface area contributed by atoms with Crippen molar-refractivity contribution in [1.82, 2.24) is 10.2 Å². The van der Waals surface area contributed by atoms with Gasteiger partial charge in [0.25, 0.3) is 0 Å². The fourth-order valence-corrected chi connectivity index (χ4v) is 1.78. The van der Waals surface area contributed by atoms with Crippen LogP contribution in [0.25, 0.3) is 0 Å². The molecule has 0 aromatic heterocycles. The van der Waals surface area contributed by atoms with Gasteiger partial charge in [0.2, 0.25) is 5.91 Å². The van der Waals surface area contributed by atoms with Crippen molar-refractivity contribution < 1.29 is 14.7 Å². The van der Waals surface area contributed by atoms with E-state index in [2.05, 4.69) is 5.32 Å². The third-order valence-electron chi connectivity index (χ3n) is 2.70. The highest BCUT2D eigenvalue weighted by Crippen LogP contribution is 2.08. The zero-order valence-electron chi connectivity index (χ0n) is 11.2. The molecule has 0 aliphatic rings. The molecule has 1 atom stereocenters. The predicted molar refractivity (Wildman–Crippen MR) is 66.9 cm³/mol. The molecule has 0 aromatic carbocycles. The summed E-state index contributed by atoms with van der Waals surface area (Å²) in [6.07, 6.45) is 0.711. The minimum Gasteiger partial charge on any atom is -0.481 e. The number of nitrogens with one attached hydrogen (secondary N) is 1. The van der Waals surface area contributed by atoms with Crippen molar-refractivity contribution in [2.45, 2.75) is 52.6 Å². The summed E-state index contributed by atoms with van der Waals surface area (Å²) in [5.74, 6) is -0.795. The average molecular weight is 244 g/mol. The first-order chi connectivity index (χ1) is 7.90. The standard InChI is InChI=1S/C12H24N2O3/c1-5-13-12(17)10(4)14(9(2)3)8-6-7-11(15)16/h9-10H,5-8H2,1-4H3,(H,13,17)(H,15,16). The summed E-state index contributed by atoms with van der Waals surface area (Å²) in [6, 6.07) is 0.00476. The molecule has 0 aliphatic carbocycles. The number of carboxylic acid groups (broad SMARTS) is 1. The molecule has 2 N–H and O–H groups in total. The van der Waals surface area contributed by atoms with Crippen molar-refractivity contribution in [1.29, 1.82) is 0 Å². The highest BCUT2D eigenvalue weighted by molar-refractivity contribution is 5.81. The van der Waals surface area contributed by atoms with Gasteiger partial charge in [-0.15, -0.1) is 0 Å². The summed E-state index contributed by atoms with van der Waals surface area (Å²) in [4.78, 5) is 24.2. The highest BCUT2D eigenvalue weighted by Gasteiger charge is 2.22. The molecule has 100 valence electrons. The Morgan fingerprint density at radius 3 is 2.29 bits per heavy atom. The Hall–Kier alpha value is -1.10. The number of likely N-dealkylation sites (N-methyl/N-ethyl adjacent to an activating group) is 1. The predicted octanol–water partition coefficient (Wildman–Crippen LogP) is 1.09. The molecule has 0 bridgehead atoms. The molecule has 5 heteroatoms. The first-order valence-corrected chi connectivity index (χ1v) is 6.15. The van der Waals surface area contributed by atoms with Crippen molar-refractivity contribution in [2.24, 2.45) is 0 Å². The molecule has 0 heterocycles. The quantitative estimate of drug-likeness (QED) is 0.670. The summed E-state index contributed by atoms with van der Waals surface area (Å²) in [5.41, 5.74) is 0. The molecule has 0 aromatic rings. The number of nitrogens with zero attached hydrogens (tertiary/aromatic N) is 1. The third-order valence-corrected chi connectivity index (χ3v) is 2.70. The number of carboxylic acids is 1. The minimum absolute atomic E-state index is 0.00322. The van der Waals surface area contributed by atoms with Crippen molar-refractivity contribution in [3.05, 3.63) is 0 Å². The number of hydrogen-bond acceptors (Lipinski definition) is 3. The topological polar surface area (TPSA) is 69.6 Å². The SMILES string of the molecule is CCNC(=O)C(C)N(CCCC(=O)O)C(C)C. The van der Waals surface area contributed by atoms with E-state index < -0.39 is 5.97 Å². The average Bonchev–Trinajstić information content (AvgIpc) is 2.23. The van der Waals surface area contributed by atoms with Gasteiger partial charge in [-0.25, -0.2) is 0 Å². The van der Waals surface area contributed by atoms with Gasteiger partial charge in [0, 0.05) is 19.0 Å². The van der Waals surface area contributed by atoms with Gasteiger partial charge in [0.05, 0.1) is 6.04 Å². The number of carbonyl (C=O) groups excluding carboxylic acids is 1. The van der Waals surface area contributed by atoms with E-state index in [1.807, 2.05) is 32.6 Å². The molecule has 0 aliphatic heterocycles. The summed E-state index contributed by atoms with van der Waals surface area (Å²) < 4.78 is 0. The van der Waals surface area contributed by atoms with Gasteiger partial charge in [-0.05, 0) is 40.7 Å². The van der Waals surface area contributed by atoms with Gasteiger partial charge in [-0.2, -0.15) is 0 Å². The van der Waals surface area contributed by atoms with Crippen LogP contribution < -0.4 is 5.32 Å². The van der Waals surface area contributed by atoms with Crippen LogP contribution in [0.2, 0.25) is 0 Å². The van der Waals surface area contributed by atoms with E-state index in [4.69, 9.17) is 5.11 Å². The van der Waals surface area contributed by atoms with Crippen LogP contribution in [-0.4, -0.2) is 47.1 Å². The van der Waals surface area contributed by atoms with Gasteiger partial charge >= 0.3 is 5.97 Å². The van der Waals surface area contributed by atoms with Crippen LogP contribution in [0.15, 0.2) is 0 Å². The molecule has 0 spiro atoms.